The first-order chi connectivity index (χ1) is 9.93. The number of hydrogen-bond donors (Lipinski definition) is 2. The lowest BCUT2D eigenvalue weighted by atomic mass is 9.73. The fourth-order valence-corrected chi connectivity index (χ4v) is 4.36. The monoisotopic (exact) mass is 307 g/mol. The van der Waals surface area contributed by atoms with Crippen LogP contribution in [0.5, 0.6) is 0 Å². The van der Waals surface area contributed by atoms with Gasteiger partial charge in [0.15, 0.2) is 5.13 Å². The zero-order valence-corrected chi connectivity index (χ0v) is 14.0. The van der Waals surface area contributed by atoms with Gasteiger partial charge in [-0.05, 0) is 50.0 Å². The number of nitrogens with zero attached hydrogens (tertiary/aromatic N) is 1. The summed E-state index contributed by atoms with van der Waals surface area (Å²) in [5, 5.41) is 7.02. The van der Waals surface area contributed by atoms with Crippen molar-refractivity contribution in [2.75, 3.05) is 11.9 Å². The molecule has 2 unspecified atom stereocenters. The SMILES string of the molecule is CC(C)(C)C1CCc2nc(NC(=O)C3CCCN3)sc2C1. The van der Waals surface area contributed by atoms with Gasteiger partial charge in [0, 0.05) is 4.88 Å². The van der Waals surface area contributed by atoms with Crippen molar-refractivity contribution in [1.29, 1.82) is 0 Å². The summed E-state index contributed by atoms with van der Waals surface area (Å²) in [6.45, 7) is 7.90. The minimum absolute atomic E-state index is 0.0340. The van der Waals surface area contributed by atoms with Gasteiger partial charge in [0.1, 0.15) is 0 Å². The molecular weight excluding hydrogens is 282 g/mol. The molecule has 5 heteroatoms. The summed E-state index contributed by atoms with van der Waals surface area (Å²) < 4.78 is 0. The molecule has 0 saturated carbocycles. The second-order valence-corrected chi connectivity index (χ2v) is 8.42. The van der Waals surface area contributed by atoms with E-state index in [2.05, 4.69) is 36.4 Å². The molecule has 1 aromatic heterocycles. The van der Waals surface area contributed by atoms with Gasteiger partial charge in [0.2, 0.25) is 5.91 Å². The highest BCUT2D eigenvalue weighted by Crippen LogP contribution is 2.40. The van der Waals surface area contributed by atoms with Crippen LogP contribution in [-0.2, 0) is 17.6 Å². The maximum Gasteiger partial charge on any atom is 0.243 e. The van der Waals surface area contributed by atoms with Crippen LogP contribution in [0, 0.1) is 11.3 Å². The van der Waals surface area contributed by atoms with Crippen LogP contribution in [0.1, 0.15) is 50.6 Å². The van der Waals surface area contributed by atoms with E-state index in [-0.39, 0.29) is 11.9 Å². The third-order valence-corrected chi connectivity index (χ3v) is 5.81. The van der Waals surface area contributed by atoms with Crippen LogP contribution in [0.15, 0.2) is 0 Å². The Bertz CT molecular complexity index is 526. The predicted octanol–water partition coefficient (Wildman–Crippen LogP) is 2.98. The first-order valence-corrected chi connectivity index (χ1v) is 8.78. The smallest absolute Gasteiger partial charge is 0.243 e. The van der Waals surface area contributed by atoms with Crippen molar-refractivity contribution in [2.45, 2.75) is 58.9 Å². The molecule has 1 amide bonds. The van der Waals surface area contributed by atoms with Gasteiger partial charge >= 0.3 is 0 Å². The lowest BCUT2D eigenvalue weighted by molar-refractivity contribution is -0.117. The number of aromatic nitrogens is 1. The minimum atomic E-state index is -0.0340. The Morgan fingerprint density at radius 2 is 2.19 bits per heavy atom. The van der Waals surface area contributed by atoms with Gasteiger partial charge in [-0.15, -0.1) is 11.3 Å². The molecule has 4 nitrogen and oxygen atoms in total. The summed E-state index contributed by atoms with van der Waals surface area (Å²) in [6, 6.07) is -0.0340. The highest BCUT2D eigenvalue weighted by molar-refractivity contribution is 7.15. The van der Waals surface area contributed by atoms with Crippen molar-refractivity contribution in [3.05, 3.63) is 10.6 Å². The molecule has 0 spiro atoms. The quantitative estimate of drug-likeness (QED) is 0.883. The molecule has 0 aromatic carbocycles. The van der Waals surface area contributed by atoms with Gasteiger partial charge in [-0.3, -0.25) is 4.79 Å². The molecule has 1 aromatic rings. The van der Waals surface area contributed by atoms with Gasteiger partial charge in [-0.25, -0.2) is 4.98 Å². The van der Waals surface area contributed by atoms with Crippen LogP contribution < -0.4 is 10.6 Å². The third-order valence-electron chi connectivity index (χ3n) is 4.77. The third kappa shape index (κ3) is 3.29. The molecule has 2 N–H and O–H groups in total. The lowest BCUT2D eigenvalue weighted by Gasteiger charge is -2.33. The number of hydrogen-bond acceptors (Lipinski definition) is 4. The van der Waals surface area contributed by atoms with Gasteiger partial charge in [-0.1, -0.05) is 20.8 Å². The Kier molecular flexibility index (Phi) is 4.06. The molecule has 3 rings (SSSR count). The van der Waals surface area contributed by atoms with Crippen molar-refractivity contribution in [3.63, 3.8) is 0 Å². The number of carbonyl (C=O) groups excluding carboxylic acids is 1. The largest absolute Gasteiger partial charge is 0.306 e. The molecule has 0 radical (unpaired) electrons. The second kappa shape index (κ2) is 5.69. The van der Waals surface area contributed by atoms with Crippen LogP contribution in [0.4, 0.5) is 5.13 Å². The minimum Gasteiger partial charge on any atom is -0.306 e. The van der Waals surface area contributed by atoms with E-state index in [0.29, 0.717) is 11.3 Å². The van der Waals surface area contributed by atoms with Crippen molar-refractivity contribution >= 4 is 22.4 Å². The number of fused-ring (bicyclic) bond motifs is 1. The van der Waals surface area contributed by atoms with Crippen LogP contribution >= 0.6 is 11.3 Å². The maximum absolute atomic E-state index is 12.1. The zero-order valence-electron chi connectivity index (χ0n) is 13.2. The Hall–Kier alpha value is -0.940. The summed E-state index contributed by atoms with van der Waals surface area (Å²) in [6.07, 6.45) is 5.37. The number of rotatable bonds is 2. The standard InChI is InChI=1S/C16H25N3OS/c1-16(2,3)10-6-7-11-13(9-10)21-15(18-11)19-14(20)12-5-4-8-17-12/h10,12,17H,4-9H2,1-3H3,(H,18,19,20). The number of thiazole rings is 1. The summed E-state index contributed by atoms with van der Waals surface area (Å²) in [7, 11) is 0. The fraction of sp³-hybridized carbons (Fsp3) is 0.750. The van der Waals surface area contributed by atoms with E-state index in [1.807, 2.05) is 0 Å². The lowest BCUT2D eigenvalue weighted by Crippen LogP contribution is -2.35. The Morgan fingerprint density at radius 3 is 2.86 bits per heavy atom. The Morgan fingerprint density at radius 1 is 1.38 bits per heavy atom. The first kappa shape index (κ1) is 15.0. The molecule has 1 fully saturated rings. The number of anilines is 1. The van der Waals surface area contributed by atoms with E-state index in [0.717, 1.165) is 37.4 Å². The van der Waals surface area contributed by atoms with Gasteiger partial charge < -0.3 is 10.6 Å². The molecule has 1 saturated heterocycles. The second-order valence-electron chi connectivity index (χ2n) is 7.33. The average molecular weight is 307 g/mol. The van der Waals surface area contributed by atoms with Gasteiger partial charge in [-0.2, -0.15) is 0 Å². The summed E-state index contributed by atoms with van der Waals surface area (Å²) in [5.74, 6) is 0.788. The van der Waals surface area contributed by atoms with E-state index < -0.39 is 0 Å². The van der Waals surface area contributed by atoms with Crippen LogP contribution in [-0.4, -0.2) is 23.5 Å². The molecule has 2 heterocycles. The van der Waals surface area contributed by atoms with Crippen LogP contribution in [0.25, 0.3) is 0 Å². The number of nitrogens with one attached hydrogen (secondary N) is 2. The Balaban J connectivity index is 1.67. The fourth-order valence-electron chi connectivity index (χ4n) is 3.27. The van der Waals surface area contributed by atoms with Crippen molar-refractivity contribution in [1.82, 2.24) is 10.3 Å². The zero-order chi connectivity index (χ0) is 15.0. The molecule has 0 bridgehead atoms. The topological polar surface area (TPSA) is 54.0 Å². The Labute approximate surface area is 130 Å². The highest BCUT2D eigenvalue weighted by Gasteiger charge is 2.31. The van der Waals surface area contributed by atoms with E-state index in [9.17, 15) is 4.79 Å². The summed E-state index contributed by atoms with van der Waals surface area (Å²) >= 11 is 1.67. The molecule has 21 heavy (non-hydrogen) atoms. The van der Waals surface area contributed by atoms with Crippen LogP contribution in [0.2, 0.25) is 0 Å². The van der Waals surface area contributed by atoms with Gasteiger partial charge in [0.05, 0.1) is 11.7 Å². The molecule has 2 atom stereocenters. The van der Waals surface area contributed by atoms with E-state index in [1.165, 1.54) is 17.0 Å². The van der Waals surface area contributed by atoms with E-state index in [4.69, 9.17) is 0 Å². The van der Waals surface area contributed by atoms with Gasteiger partial charge in [0.25, 0.3) is 0 Å². The molecule has 116 valence electrons. The average Bonchev–Trinajstić information content (AvgIpc) is 3.05. The number of carbonyl (C=O) groups is 1. The number of aryl methyl sites for hydroxylation is 1. The molecular formula is C16H25N3OS. The first-order valence-electron chi connectivity index (χ1n) is 7.96. The summed E-state index contributed by atoms with van der Waals surface area (Å²) in [4.78, 5) is 18.2. The highest BCUT2D eigenvalue weighted by atomic mass is 32.1. The maximum atomic E-state index is 12.1. The van der Waals surface area contributed by atoms with Crippen LogP contribution in [0.3, 0.4) is 0 Å². The molecule has 1 aliphatic carbocycles. The van der Waals surface area contributed by atoms with Crippen molar-refractivity contribution in [3.8, 4) is 0 Å². The summed E-state index contributed by atoms with van der Waals surface area (Å²) in [5.41, 5.74) is 1.55. The van der Waals surface area contributed by atoms with Crippen molar-refractivity contribution < 1.29 is 4.79 Å². The number of amides is 1. The van der Waals surface area contributed by atoms with E-state index >= 15 is 0 Å². The normalized spacial score (nSPS) is 25.7. The molecule has 1 aliphatic heterocycles. The predicted molar refractivity (Wildman–Crippen MR) is 86.7 cm³/mol. The van der Waals surface area contributed by atoms with Crippen molar-refractivity contribution in [2.24, 2.45) is 11.3 Å². The van der Waals surface area contributed by atoms with E-state index in [1.54, 1.807) is 11.3 Å². The molecule has 2 aliphatic rings.